The minimum atomic E-state index is -0.0356. The molecule has 0 aliphatic heterocycles. The van der Waals surface area contributed by atoms with E-state index in [1.54, 1.807) is 35.9 Å². The summed E-state index contributed by atoms with van der Waals surface area (Å²) in [7, 11) is 3.38. The molecule has 3 aromatic rings. The van der Waals surface area contributed by atoms with E-state index in [1.165, 1.54) is 11.8 Å². The summed E-state index contributed by atoms with van der Waals surface area (Å²) < 4.78 is 6.89. The molecule has 0 aliphatic rings. The van der Waals surface area contributed by atoms with Crippen LogP contribution in [-0.2, 0) is 11.3 Å². The fraction of sp³-hybridized carbons (Fsp3) is 0.222. The Hall–Kier alpha value is -2.58. The van der Waals surface area contributed by atoms with E-state index in [9.17, 15) is 4.79 Å². The Bertz CT molecular complexity index is 933. The molecule has 0 spiro atoms. The van der Waals surface area contributed by atoms with Crippen LogP contribution < -0.4 is 4.74 Å². The molecular weight excluding hydrogens is 386 g/mol. The molecule has 1 heterocycles. The SMILES string of the molecule is COc1ccccc1CN(C)C(=O)CSc1nnnn1-c1cccc(Cl)c1. The average molecular weight is 404 g/mol. The number of thioether (sulfide) groups is 1. The van der Waals surface area contributed by atoms with Crippen molar-refractivity contribution in [3.05, 3.63) is 59.1 Å². The lowest BCUT2D eigenvalue weighted by Crippen LogP contribution is -2.28. The third kappa shape index (κ3) is 4.78. The van der Waals surface area contributed by atoms with Gasteiger partial charge in [-0.05, 0) is 34.7 Å². The molecule has 0 N–H and O–H groups in total. The maximum absolute atomic E-state index is 12.5. The van der Waals surface area contributed by atoms with Crippen molar-refractivity contribution in [1.29, 1.82) is 0 Å². The first-order valence-corrected chi connectivity index (χ1v) is 9.48. The third-order valence-electron chi connectivity index (χ3n) is 3.84. The number of para-hydroxylation sites is 1. The van der Waals surface area contributed by atoms with Gasteiger partial charge in [-0.15, -0.1) is 5.10 Å². The van der Waals surface area contributed by atoms with Crippen molar-refractivity contribution in [2.24, 2.45) is 0 Å². The van der Waals surface area contributed by atoms with E-state index in [1.807, 2.05) is 36.4 Å². The van der Waals surface area contributed by atoms with E-state index in [0.717, 1.165) is 17.0 Å². The second kappa shape index (κ2) is 8.88. The number of hydrogen-bond acceptors (Lipinski definition) is 6. The molecule has 9 heteroatoms. The van der Waals surface area contributed by atoms with E-state index in [4.69, 9.17) is 16.3 Å². The van der Waals surface area contributed by atoms with Gasteiger partial charge in [0.2, 0.25) is 11.1 Å². The molecule has 27 heavy (non-hydrogen) atoms. The first-order chi connectivity index (χ1) is 13.1. The zero-order valence-corrected chi connectivity index (χ0v) is 16.4. The lowest BCUT2D eigenvalue weighted by molar-refractivity contribution is -0.127. The maximum Gasteiger partial charge on any atom is 0.233 e. The van der Waals surface area contributed by atoms with Crippen LogP contribution in [0.3, 0.4) is 0 Å². The minimum Gasteiger partial charge on any atom is -0.496 e. The van der Waals surface area contributed by atoms with Crippen LogP contribution in [0.5, 0.6) is 5.75 Å². The molecule has 1 aromatic heterocycles. The molecule has 0 aliphatic carbocycles. The Morgan fingerprint density at radius 3 is 2.85 bits per heavy atom. The molecular formula is C18H18ClN5O2S. The van der Waals surface area contributed by atoms with Gasteiger partial charge in [0.15, 0.2) is 0 Å². The monoisotopic (exact) mass is 403 g/mol. The maximum atomic E-state index is 12.5. The van der Waals surface area contributed by atoms with E-state index in [-0.39, 0.29) is 11.7 Å². The van der Waals surface area contributed by atoms with Crippen LogP contribution in [0.15, 0.2) is 53.7 Å². The number of benzene rings is 2. The summed E-state index contributed by atoms with van der Waals surface area (Å²) in [6.45, 7) is 0.461. The van der Waals surface area contributed by atoms with Crippen LogP contribution in [0.2, 0.25) is 5.02 Å². The van der Waals surface area contributed by atoms with Crippen molar-refractivity contribution < 1.29 is 9.53 Å². The molecule has 0 unspecified atom stereocenters. The number of carbonyl (C=O) groups is 1. The Morgan fingerprint density at radius 1 is 1.26 bits per heavy atom. The summed E-state index contributed by atoms with van der Waals surface area (Å²) in [5.41, 5.74) is 1.69. The molecule has 0 saturated heterocycles. The molecule has 3 rings (SSSR count). The van der Waals surface area contributed by atoms with Crippen molar-refractivity contribution in [2.75, 3.05) is 19.9 Å². The molecule has 0 saturated carbocycles. The largest absolute Gasteiger partial charge is 0.496 e. The van der Waals surface area contributed by atoms with Crippen LogP contribution in [0.4, 0.5) is 0 Å². The van der Waals surface area contributed by atoms with Gasteiger partial charge in [-0.3, -0.25) is 4.79 Å². The molecule has 2 aromatic carbocycles. The van der Waals surface area contributed by atoms with Gasteiger partial charge in [0.25, 0.3) is 0 Å². The summed E-state index contributed by atoms with van der Waals surface area (Å²) >= 11 is 7.30. The second-order valence-corrected chi connectivity index (χ2v) is 7.08. The predicted molar refractivity (Wildman–Crippen MR) is 104 cm³/mol. The molecule has 0 fully saturated rings. The summed E-state index contributed by atoms with van der Waals surface area (Å²) in [4.78, 5) is 14.2. The fourth-order valence-corrected chi connectivity index (χ4v) is 3.47. The van der Waals surface area contributed by atoms with Gasteiger partial charge in [-0.1, -0.05) is 47.6 Å². The lowest BCUT2D eigenvalue weighted by atomic mass is 10.2. The summed E-state index contributed by atoms with van der Waals surface area (Å²) in [6.07, 6.45) is 0. The Morgan fingerprint density at radius 2 is 2.07 bits per heavy atom. The highest BCUT2D eigenvalue weighted by molar-refractivity contribution is 7.99. The highest BCUT2D eigenvalue weighted by Crippen LogP contribution is 2.22. The van der Waals surface area contributed by atoms with Crippen molar-refractivity contribution in [2.45, 2.75) is 11.7 Å². The Labute approximate surface area is 166 Å². The van der Waals surface area contributed by atoms with Gasteiger partial charge >= 0.3 is 0 Å². The number of halogens is 1. The van der Waals surface area contributed by atoms with Crippen LogP contribution in [0.1, 0.15) is 5.56 Å². The van der Waals surface area contributed by atoms with Crippen LogP contribution in [-0.4, -0.2) is 50.9 Å². The molecule has 0 atom stereocenters. The zero-order valence-electron chi connectivity index (χ0n) is 14.9. The number of carbonyl (C=O) groups excluding carboxylic acids is 1. The Kier molecular flexibility index (Phi) is 6.31. The van der Waals surface area contributed by atoms with Crippen LogP contribution >= 0.6 is 23.4 Å². The molecule has 0 radical (unpaired) electrons. The quantitative estimate of drug-likeness (QED) is 0.564. The van der Waals surface area contributed by atoms with E-state index < -0.39 is 0 Å². The van der Waals surface area contributed by atoms with Crippen molar-refractivity contribution in [1.82, 2.24) is 25.1 Å². The number of amides is 1. The van der Waals surface area contributed by atoms with Gasteiger partial charge in [0.05, 0.1) is 18.6 Å². The van der Waals surface area contributed by atoms with Crippen LogP contribution in [0, 0.1) is 0 Å². The summed E-state index contributed by atoms with van der Waals surface area (Å²) in [5, 5.41) is 12.8. The Balaban J connectivity index is 1.64. The predicted octanol–water partition coefficient (Wildman–Crippen LogP) is 3.08. The number of nitrogens with zero attached hydrogens (tertiary/aromatic N) is 5. The van der Waals surface area contributed by atoms with Gasteiger partial charge in [0, 0.05) is 24.2 Å². The molecule has 1 amide bonds. The first-order valence-electron chi connectivity index (χ1n) is 8.11. The van der Waals surface area contributed by atoms with Crippen molar-refractivity contribution in [3.8, 4) is 11.4 Å². The van der Waals surface area contributed by atoms with E-state index >= 15 is 0 Å². The molecule has 0 bridgehead atoms. The van der Waals surface area contributed by atoms with Gasteiger partial charge < -0.3 is 9.64 Å². The highest BCUT2D eigenvalue weighted by atomic mass is 35.5. The molecule has 140 valence electrons. The summed E-state index contributed by atoms with van der Waals surface area (Å²) in [5.74, 6) is 0.938. The van der Waals surface area contributed by atoms with Gasteiger partial charge in [-0.25, -0.2) is 0 Å². The van der Waals surface area contributed by atoms with Crippen LogP contribution in [0.25, 0.3) is 5.69 Å². The third-order valence-corrected chi connectivity index (χ3v) is 4.98. The van der Waals surface area contributed by atoms with Gasteiger partial charge in [-0.2, -0.15) is 4.68 Å². The fourth-order valence-electron chi connectivity index (χ4n) is 2.45. The lowest BCUT2D eigenvalue weighted by Gasteiger charge is -2.18. The molecule has 7 nitrogen and oxygen atoms in total. The van der Waals surface area contributed by atoms with Crippen molar-refractivity contribution >= 4 is 29.3 Å². The second-order valence-electron chi connectivity index (χ2n) is 5.70. The number of ether oxygens (including phenoxy) is 1. The van der Waals surface area contributed by atoms with Gasteiger partial charge in [0.1, 0.15) is 5.75 Å². The first kappa shape index (κ1) is 19.2. The number of aromatic nitrogens is 4. The van der Waals surface area contributed by atoms with E-state index in [2.05, 4.69) is 15.5 Å². The number of rotatable bonds is 7. The smallest absolute Gasteiger partial charge is 0.233 e. The average Bonchev–Trinajstić information content (AvgIpc) is 3.15. The highest BCUT2D eigenvalue weighted by Gasteiger charge is 2.15. The minimum absolute atomic E-state index is 0.0356. The standard InChI is InChI=1S/C18H18ClN5O2S/c1-23(11-13-6-3-4-9-16(13)26-2)17(25)12-27-18-20-21-22-24(18)15-8-5-7-14(19)10-15/h3-10H,11-12H2,1-2H3. The topological polar surface area (TPSA) is 73.1 Å². The zero-order chi connectivity index (χ0) is 19.2. The number of methoxy groups -OCH3 is 1. The van der Waals surface area contributed by atoms with E-state index in [0.29, 0.717) is 16.7 Å². The van der Waals surface area contributed by atoms with Crippen molar-refractivity contribution in [3.63, 3.8) is 0 Å². The normalized spacial score (nSPS) is 10.6. The summed E-state index contributed by atoms with van der Waals surface area (Å²) in [6, 6.07) is 14.8. The number of hydrogen-bond donors (Lipinski definition) is 0. The number of tetrazole rings is 1.